The molecule has 6 heteroatoms. The second kappa shape index (κ2) is 7.27. The maximum absolute atomic E-state index is 12.2. The van der Waals surface area contributed by atoms with Gasteiger partial charge in [0.25, 0.3) is 0 Å². The van der Waals surface area contributed by atoms with E-state index in [1.54, 1.807) is 6.20 Å². The molecular weight excluding hydrogens is 358 g/mol. The number of rotatable bonds is 4. The van der Waals surface area contributed by atoms with Crippen molar-refractivity contribution in [3.63, 3.8) is 0 Å². The Labute approximate surface area is 144 Å². The van der Waals surface area contributed by atoms with Crippen molar-refractivity contribution in [1.82, 2.24) is 14.8 Å². The van der Waals surface area contributed by atoms with E-state index in [2.05, 4.69) is 32.9 Å². The first-order chi connectivity index (χ1) is 11.1. The highest BCUT2D eigenvalue weighted by atomic mass is 79.9. The van der Waals surface area contributed by atoms with Gasteiger partial charge in [-0.2, -0.15) is 0 Å². The predicted octanol–water partition coefficient (Wildman–Crippen LogP) is 2.81. The van der Waals surface area contributed by atoms with Gasteiger partial charge in [-0.3, -0.25) is 4.79 Å². The van der Waals surface area contributed by atoms with E-state index in [1.165, 1.54) is 0 Å². The van der Waals surface area contributed by atoms with Gasteiger partial charge in [0.2, 0.25) is 5.91 Å². The summed E-state index contributed by atoms with van der Waals surface area (Å²) < 4.78 is 6.77. The van der Waals surface area contributed by atoms with Crippen molar-refractivity contribution in [2.24, 2.45) is 0 Å². The van der Waals surface area contributed by atoms with Gasteiger partial charge in [-0.15, -0.1) is 0 Å². The van der Waals surface area contributed by atoms with Crippen LogP contribution in [0.1, 0.15) is 12.3 Å². The lowest BCUT2D eigenvalue weighted by Gasteiger charge is -2.32. The molecule has 1 aliphatic rings. The van der Waals surface area contributed by atoms with Crippen molar-refractivity contribution < 1.29 is 9.21 Å². The average Bonchev–Trinajstić information content (AvgIpc) is 3.02. The lowest BCUT2D eigenvalue weighted by molar-refractivity contribution is -0.132. The van der Waals surface area contributed by atoms with Gasteiger partial charge in [-0.05, 0) is 19.2 Å². The van der Waals surface area contributed by atoms with E-state index >= 15 is 0 Å². The van der Waals surface area contributed by atoms with Gasteiger partial charge in [0.15, 0.2) is 11.7 Å². The molecule has 2 aromatic rings. The molecule has 0 saturated carbocycles. The standard InChI is InChI=1S/C17H20BrN3O2/c1-20-7-9-21(10-8-20)17(22)6-5-16-19-12-15(23-16)13-3-2-4-14(18)11-13/h2-4,11-12H,5-10H2,1H3. The van der Waals surface area contributed by atoms with E-state index in [9.17, 15) is 4.79 Å². The molecule has 0 aliphatic carbocycles. The highest BCUT2D eigenvalue weighted by Gasteiger charge is 2.19. The van der Waals surface area contributed by atoms with Crippen LogP contribution >= 0.6 is 15.9 Å². The van der Waals surface area contributed by atoms with E-state index < -0.39 is 0 Å². The van der Waals surface area contributed by atoms with Crippen molar-refractivity contribution in [3.8, 4) is 11.3 Å². The Kier molecular flexibility index (Phi) is 5.13. The van der Waals surface area contributed by atoms with Gasteiger partial charge in [-0.25, -0.2) is 4.98 Å². The fourth-order valence-corrected chi connectivity index (χ4v) is 3.03. The summed E-state index contributed by atoms with van der Waals surface area (Å²) in [6.07, 6.45) is 2.71. The average molecular weight is 378 g/mol. The molecule has 5 nitrogen and oxygen atoms in total. The largest absolute Gasteiger partial charge is 0.441 e. The number of hydrogen-bond acceptors (Lipinski definition) is 4. The molecule has 122 valence electrons. The number of halogens is 1. The zero-order valence-corrected chi connectivity index (χ0v) is 14.8. The van der Waals surface area contributed by atoms with Gasteiger partial charge < -0.3 is 14.2 Å². The molecule has 0 N–H and O–H groups in total. The Morgan fingerprint density at radius 1 is 1.30 bits per heavy atom. The molecule has 3 rings (SSSR count). The van der Waals surface area contributed by atoms with Crippen molar-refractivity contribution in [3.05, 3.63) is 40.8 Å². The van der Waals surface area contributed by atoms with E-state index in [1.807, 2.05) is 29.2 Å². The van der Waals surface area contributed by atoms with Gasteiger partial charge in [0.05, 0.1) is 6.20 Å². The third kappa shape index (κ3) is 4.20. The molecule has 1 aromatic heterocycles. The van der Waals surface area contributed by atoms with Crippen LogP contribution in [0.4, 0.5) is 0 Å². The first-order valence-corrected chi connectivity index (χ1v) is 8.58. The zero-order valence-electron chi connectivity index (χ0n) is 13.2. The fourth-order valence-electron chi connectivity index (χ4n) is 2.63. The minimum Gasteiger partial charge on any atom is -0.441 e. The highest BCUT2D eigenvalue weighted by Crippen LogP contribution is 2.24. The van der Waals surface area contributed by atoms with Crippen LogP contribution in [0.5, 0.6) is 0 Å². The molecule has 1 saturated heterocycles. The fraction of sp³-hybridized carbons (Fsp3) is 0.412. The SMILES string of the molecule is CN1CCN(C(=O)CCc2ncc(-c3cccc(Br)c3)o2)CC1. The number of likely N-dealkylation sites (N-methyl/N-ethyl adjacent to an activating group) is 1. The molecule has 0 spiro atoms. The normalized spacial score (nSPS) is 15.8. The number of aromatic nitrogens is 1. The molecule has 0 bridgehead atoms. The Morgan fingerprint density at radius 3 is 2.83 bits per heavy atom. The quantitative estimate of drug-likeness (QED) is 0.821. The molecule has 0 atom stereocenters. The second-order valence-electron chi connectivity index (χ2n) is 5.81. The summed E-state index contributed by atoms with van der Waals surface area (Å²) >= 11 is 3.45. The predicted molar refractivity (Wildman–Crippen MR) is 92.0 cm³/mol. The highest BCUT2D eigenvalue weighted by molar-refractivity contribution is 9.10. The summed E-state index contributed by atoms with van der Waals surface area (Å²) in [5, 5.41) is 0. The summed E-state index contributed by atoms with van der Waals surface area (Å²) in [5.41, 5.74) is 0.975. The number of carbonyl (C=O) groups is 1. The molecule has 0 unspecified atom stereocenters. The van der Waals surface area contributed by atoms with Gasteiger partial charge >= 0.3 is 0 Å². The number of aryl methyl sites for hydroxylation is 1. The lowest BCUT2D eigenvalue weighted by Crippen LogP contribution is -2.47. The summed E-state index contributed by atoms with van der Waals surface area (Å²) in [6.45, 7) is 3.50. The summed E-state index contributed by atoms with van der Waals surface area (Å²) in [5.74, 6) is 1.52. The molecule has 1 aliphatic heterocycles. The third-order valence-corrected chi connectivity index (χ3v) is 4.56. The van der Waals surface area contributed by atoms with Crippen LogP contribution in [-0.4, -0.2) is 53.9 Å². The van der Waals surface area contributed by atoms with E-state index in [0.29, 0.717) is 18.7 Å². The van der Waals surface area contributed by atoms with Gasteiger partial charge in [0, 0.05) is 49.1 Å². The first kappa shape index (κ1) is 16.2. The number of hydrogen-bond donors (Lipinski definition) is 0. The maximum atomic E-state index is 12.2. The van der Waals surface area contributed by atoms with E-state index in [-0.39, 0.29) is 5.91 Å². The molecule has 23 heavy (non-hydrogen) atoms. The van der Waals surface area contributed by atoms with Crippen LogP contribution in [0, 0.1) is 0 Å². The summed E-state index contributed by atoms with van der Waals surface area (Å²) in [6, 6.07) is 7.89. The number of nitrogens with zero attached hydrogens (tertiary/aromatic N) is 3. The molecular formula is C17H20BrN3O2. The van der Waals surface area contributed by atoms with Crippen LogP contribution in [0.2, 0.25) is 0 Å². The molecule has 1 fully saturated rings. The van der Waals surface area contributed by atoms with Crippen molar-refractivity contribution in [2.45, 2.75) is 12.8 Å². The number of piperazine rings is 1. The Hall–Kier alpha value is -1.66. The number of amides is 1. The van der Waals surface area contributed by atoms with Crippen LogP contribution in [0.15, 0.2) is 39.4 Å². The Balaban J connectivity index is 1.56. The summed E-state index contributed by atoms with van der Waals surface area (Å²) in [4.78, 5) is 20.7. The minimum absolute atomic E-state index is 0.181. The van der Waals surface area contributed by atoms with E-state index in [0.717, 1.165) is 42.0 Å². The number of oxazole rings is 1. The Morgan fingerprint density at radius 2 is 2.09 bits per heavy atom. The van der Waals surface area contributed by atoms with Crippen LogP contribution in [0.25, 0.3) is 11.3 Å². The minimum atomic E-state index is 0.181. The number of benzene rings is 1. The van der Waals surface area contributed by atoms with Gasteiger partial charge in [0.1, 0.15) is 0 Å². The molecule has 1 aromatic carbocycles. The lowest BCUT2D eigenvalue weighted by atomic mass is 10.2. The molecule has 0 radical (unpaired) electrons. The van der Waals surface area contributed by atoms with Crippen LogP contribution in [-0.2, 0) is 11.2 Å². The first-order valence-electron chi connectivity index (χ1n) is 7.79. The van der Waals surface area contributed by atoms with Crippen molar-refractivity contribution in [1.29, 1.82) is 0 Å². The van der Waals surface area contributed by atoms with Gasteiger partial charge in [-0.1, -0.05) is 28.1 Å². The topological polar surface area (TPSA) is 49.6 Å². The molecule has 1 amide bonds. The van der Waals surface area contributed by atoms with Crippen molar-refractivity contribution >= 4 is 21.8 Å². The monoisotopic (exact) mass is 377 g/mol. The third-order valence-electron chi connectivity index (χ3n) is 4.07. The maximum Gasteiger partial charge on any atom is 0.223 e. The number of carbonyl (C=O) groups excluding carboxylic acids is 1. The van der Waals surface area contributed by atoms with Crippen molar-refractivity contribution in [2.75, 3.05) is 33.2 Å². The zero-order chi connectivity index (χ0) is 16.2. The molecule has 2 heterocycles. The Bertz CT molecular complexity index is 678. The van der Waals surface area contributed by atoms with Crippen LogP contribution in [0.3, 0.4) is 0 Å². The smallest absolute Gasteiger partial charge is 0.223 e. The summed E-state index contributed by atoms with van der Waals surface area (Å²) in [7, 11) is 2.08. The second-order valence-corrected chi connectivity index (χ2v) is 6.73. The van der Waals surface area contributed by atoms with Crippen LogP contribution < -0.4 is 0 Å². The van der Waals surface area contributed by atoms with E-state index in [4.69, 9.17) is 4.42 Å².